The molecule has 0 saturated heterocycles. The van der Waals surface area contributed by atoms with Crippen LogP contribution in [0.1, 0.15) is 31.7 Å². The molecule has 0 bridgehead atoms. The highest BCUT2D eigenvalue weighted by Crippen LogP contribution is 2.39. The van der Waals surface area contributed by atoms with Crippen LogP contribution in [0.5, 0.6) is 0 Å². The Morgan fingerprint density at radius 2 is 2.05 bits per heavy atom. The van der Waals surface area contributed by atoms with E-state index < -0.39 is 10.0 Å². The number of aryl methyl sites for hydroxylation is 1. The molecule has 2 rings (SSSR count). The minimum absolute atomic E-state index is 0.0962. The average Bonchev–Trinajstić information content (AvgIpc) is 2.28. The predicted octanol–water partition coefficient (Wildman–Crippen LogP) is 2.70. The zero-order valence-corrected chi connectivity index (χ0v) is 12.7. The van der Waals surface area contributed by atoms with Crippen molar-refractivity contribution in [3.8, 4) is 0 Å². The molecule has 0 atom stereocenters. The van der Waals surface area contributed by atoms with E-state index in [9.17, 15) is 8.42 Å². The maximum Gasteiger partial charge on any atom is 0.240 e. The zero-order chi connectivity index (χ0) is 14.3. The predicted molar refractivity (Wildman–Crippen MR) is 77.7 cm³/mol. The number of rotatable bonds is 4. The van der Waals surface area contributed by atoms with Crippen LogP contribution in [0, 0.1) is 12.3 Å². The molecule has 0 radical (unpaired) electrons. The Kier molecular flexibility index (Phi) is 3.82. The molecule has 1 saturated carbocycles. The van der Waals surface area contributed by atoms with Crippen LogP contribution in [0.15, 0.2) is 17.0 Å². The van der Waals surface area contributed by atoms with Gasteiger partial charge in [0.1, 0.15) is 0 Å². The van der Waals surface area contributed by atoms with Gasteiger partial charge in [-0.2, -0.15) is 0 Å². The van der Waals surface area contributed by atoms with Gasteiger partial charge in [0.15, 0.2) is 0 Å². The summed E-state index contributed by atoms with van der Waals surface area (Å²) >= 11 is 5.88. The number of nitrogens with one attached hydrogen (secondary N) is 1. The van der Waals surface area contributed by atoms with Gasteiger partial charge in [-0.1, -0.05) is 24.9 Å². The van der Waals surface area contributed by atoms with Gasteiger partial charge in [-0.05, 0) is 42.9 Å². The number of anilines is 1. The Morgan fingerprint density at radius 3 is 2.58 bits per heavy atom. The second-order valence-electron chi connectivity index (χ2n) is 5.63. The number of benzene rings is 1. The third-order valence-electron chi connectivity index (χ3n) is 3.83. The third-order valence-corrected chi connectivity index (χ3v) is 5.70. The van der Waals surface area contributed by atoms with E-state index in [1.165, 1.54) is 12.5 Å². The maximum absolute atomic E-state index is 12.3. The Bertz CT molecular complexity index is 595. The molecule has 0 aromatic heterocycles. The smallest absolute Gasteiger partial charge is 0.240 e. The summed E-state index contributed by atoms with van der Waals surface area (Å²) in [6.07, 6.45) is 3.31. The molecule has 0 aliphatic heterocycles. The fourth-order valence-electron chi connectivity index (χ4n) is 2.26. The highest BCUT2D eigenvalue weighted by molar-refractivity contribution is 7.89. The van der Waals surface area contributed by atoms with E-state index in [-0.39, 0.29) is 16.0 Å². The summed E-state index contributed by atoms with van der Waals surface area (Å²) in [5, 5.41) is 0.377. The summed E-state index contributed by atoms with van der Waals surface area (Å²) in [6, 6.07) is 3.00. The van der Waals surface area contributed by atoms with Crippen LogP contribution in [-0.2, 0) is 10.0 Å². The lowest BCUT2D eigenvalue weighted by molar-refractivity contribution is 0.166. The average molecular weight is 303 g/mol. The lowest BCUT2D eigenvalue weighted by Crippen LogP contribution is -2.40. The monoisotopic (exact) mass is 302 g/mol. The molecule has 1 fully saturated rings. The van der Waals surface area contributed by atoms with Crippen LogP contribution in [0.2, 0.25) is 5.02 Å². The van der Waals surface area contributed by atoms with Crippen molar-refractivity contribution in [2.45, 2.75) is 38.0 Å². The lowest BCUT2D eigenvalue weighted by atomic mass is 9.71. The molecule has 0 unspecified atom stereocenters. The number of sulfonamides is 1. The summed E-state index contributed by atoms with van der Waals surface area (Å²) in [6.45, 7) is 4.28. The Balaban J connectivity index is 2.22. The van der Waals surface area contributed by atoms with Crippen LogP contribution in [0.3, 0.4) is 0 Å². The van der Waals surface area contributed by atoms with E-state index in [1.54, 1.807) is 13.0 Å². The van der Waals surface area contributed by atoms with Crippen LogP contribution in [-0.4, -0.2) is 15.0 Å². The molecule has 3 N–H and O–H groups in total. The van der Waals surface area contributed by atoms with Crippen molar-refractivity contribution >= 4 is 27.3 Å². The van der Waals surface area contributed by atoms with E-state index >= 15 is 0 Å². The largest absolute Gasteiger partial charge is 0.397 e. The SMILES string of the molecule is Cc1cc(Cl)c(N)cc1S(=O)(=O)NCC1(C)CCC1. The van der Waals surface area contributed by atoms with Crippen molar-refractivity contribution in [2.24, 2.45) is 5.41 Å². The maximum atomic E-state index is 12.3. The van der Waals surface area contributed by atoms with Gasteiger partial charge in [-0.3, -0.25) is 0 Å². The van der Waals surface area contributed by atoms with Gasteiger partial charge in [0, 0.05) is 6.54 Å². The molecule has 1 aliphatic carbocycles. The highest BCUT2D eigenvalue weighted by atomic mass is 35.5. The lowest BCUT2D eigenvalue weighted by Gasteiger charge is -2.38. The minimum Gasteiger partial charge on any atom is -0.397 e. The van der Waals surface area contributed by atoms with Gasteiger partial charge in [-0.15, -0.1) is 0 Å². The summed E-state index contributed by atoms with van der Waals surface area (Å²) in [5.41, 5.74) is 6.66. The topological polar surface area (TPSA) is 72.2 Å². The molecule has 1 aromatic carbocycles. The fraction of sp³-hybridized carbons (Fsp3) is 0.538. The number of nitrogens with two attached hydrogens (primary N) is 1. The van der Waals surface area contributed by atoms with Gasteiger partial charge >= 0.3 is 0 Å². The highest BCUT2D eigenvalue weighted by Gasteiger charge is 2.33. The second kappa shape index (κ2) is 4.96. The first kappa shape index (κ1) is 14.6. The summed E-state index contributed by atoms with van der Waals surface area (Å²) in [4.78, 5) is 0.206. The van der Waals surface area contributed by atoms with Gasteiger partial charge < -0.3 is 5.73 Å². The van der Waals surface area contributed by atoms with Crippen molar-refractivity contribution < 1.29 is 8.42 Å². The number of hydrogen-bond acceptors (Lipinski definition) is 3. The van der Waals surface area contributed by atoms with Crippen LogP contribution < -0.4 is 10.5 Å². The molecule has 4 nitrogen and oxygen atoms in total. The molecule has 0 heterocycles. The van der Waals surface area contributed by atoms with Crippen LogP contribution in [0.25, 0.3) is 0 Å². The second-order valence-corrected chi connectivity index (χ2v) is 7.77. The molecular weight excluding hydrogens is 284 g/mol. The van der Waals surface area contributed by atoms with E-state index in [0.29, 0.717) is 17.1 Å². The molecule has 1 aromatic rings. The molecule has 106 valence electrons. The first-order valence-electron chi connectivity index (χ1n) is 6.29. The Hall–Kier alpha value is -0.780. The van der Waals surface area contributed by atoms with Crippen molar-refractivity contribution in [3.05, 3.63) is 22.7 Å². The van der Waals surface area contributed by atoms with Crippen LogP contribution >= 0.6 is 11.6 Å². The number of hydrogen-bond donors (Lipinski definition) is 2. The van der Waals surface area contributed by atoms with Crippen molar-refractivity contribution in [3.63, 3.8) is 0 Å². The van der Waals surface area contributed by atoms with E-state index in [2.05, 4.69) is 11.6 Å². The normalized spacial score (nSPS) is 18.1. The van der Waals surface area contributed by atoms with Crippen molar-refractivity contribution in [2.75, 3.05) is 12.3 Å². The molecule has 6 heteroatoms. The molecular formula is C13H19ClN2O2S. The molecule has 0 spiro atoms. The summed E-state index contributed by atoms with van der Waals surface area (Å²) in [7, 11) is -3.53. The summed E-state index contributed by atoms with van der Waals surface area (Å²) in [5.74, 6) is 0. The minimum atomic E-state index is -3.53. The molecule has 1 aliphatic rings. The van der Waals surface area contributed by atoms with E-state index in [0.717, 1.165) is 12.8 Å². The van der Waals surface area contributed by atoms with E-state index in [1.807, 2.05) is 0 Å². The zero-order valence-electron chi connectivity index (χ0n) is 11.2. The molecule has 19 heavy (non-hydrogen) atoms. The van der Waals surface area contributed by atoms with Gasteiger partial charge in [0.05, 0.1) is 15.6 Å². The third kappa shape index (κ3) is 3.04. The quantitative estimate of drug-likeness (QED) is 0.840. The first-order chi connectivity index (χ1) is 8.73. The first-order valence-corrected chi connectivity index (χ1v) is 8.15. The van der Waals surface area contributed by atoms with Gasteiger partial charge in [-0.25, -0.2) is 13.1 Å². The van der Waals surface area contributed by atoms with Gasteiger partial charge in [0.25, 0.3) is 0 Å². The number of halogens is 1. The van der Waals surface area contributed by atoms with Crippen molar-refractivity contribution in [1.82, 2.24) is 4.72 Å². The summed E-state index contributed by atoms with van der Waals surface area (Å²) < 4.78 is 27.3. The number of nitrogen functional groups attached to an aromatic ring is 1. The standard InChI is InChI=1S/C13H19ClN2O2S/c1-9-6-10(14)11(15)7-12(9)19(17,18)16-8-13(2)4-3-5-13/h6-7,16H,3-5,8,15H2,1-2H3. The molecule has 0 amide bonds. The Labute approximate surface area is 119 Å². The van der Waals surface area contributed by atoms with Crippen LogP contribution in [0.4, 0.5) is 5.69 Å². The van der Waals surface area contributed by atoms with E-state index in [4.69, 9.17) is 17.3 Å². The van der Waals surface area contributed by atoms with Crippen molar-refractivity contribution in [1.29, 1.82) is 0 Å². The Morgan fingerprint density at radius 1 is 1.42 bits per heavy atom. The fourth-order valence-corrected chi connectivity index (χ4v) is 3.94. The van der Waals surface area contributed by atoms with Gasteiger partial charge in [0.2, 0.25) is 10.0 Å².